The fourth-order valence-corrected chi connectivity index (χ4v) is 4.16. The number of hydrogen-bond acceptors (Lipinski definition) is 5. The molecule has 0 radical (unpaired) electrons. The lowest BCUT2D eigenvalue weighted by Gasteiger charge is -2.38. The van der Waals surface area contributed by atoms with Gasteiger partial charge in [0.2, 0.25) is 0 Å². The molecular weight excluding hydrogens is 300 g/mol. The minimum Gasteiger partial charge on any atom is -0.478 e. The van der Waals surface area contributed by atoms with Crippen LogP contribution >= 0.6 is 0 Å². The lowest BCUT2D eigenvalue weighted by molar-refractivity contribution is -0.152. The fraction of sp³-hybridized carbons (Fsp3) is 0.529. The van der Waals surface area contributed by atoms with Crippen LogP contribution in [0.2, 0.25) is 0 Å². The molecule has 4 aliphatic rings. The Morgan fingerprint density at radius 3 is 2.26 bits per heavy atom. The molecule has 6 nitrogen and oxygen atoms in total. The first-order valence-electron chi connectivity index (χ1n) is 7.83. The topological polar surface area (TPSA) is 82.1 Å². The van der Waals surface area contributed by atoms with Crippen LogP contribution in [-0.2, 0) is 14.2 Å². The van der Waals surface area contributed by atoms with Gasteiger partial charge in [-0.05, 0) is 12.1 Å². The molecule has 1 aromatic rings. The zero-order valence-corrected chi connectivity index (χ0v) is 12.8. The van der Waals surface area contributed by atoms with Gasteiger partial charge in [-0.3, -0.25) is 0 Å². The van der Waals surface area contributed by atoms with Crippen molar-refractivity contribution in [3.05, 3.63) is 35.4 Å². The predicted molar refractivity (Wildman–Crippen MR) is 78.3 cm³/mol. The maximum Gasteiger partial charge on any atom is 0.339 e. The second-order valence-electron chi connectivity index (χ2n) is 6.57. The summed E-state index contributed by atoms with van der Waals surface area (Å²) in [4.78, 5) is 23.7. The van der Waals surface area contributed by atoms with Crippen molar-refractivity contribution in [3.8, 4) is 0 Å². The monoisotopic (exact) mass is 318 g/mol. The van der Waals surface area contributed by atoms with Crippen molar-refractivity contribution in [2.24, 2.45) is 11.8 Å². The second-order valence-corrected chi connectivity index (χ2v) is 6.57. The first kappa shape index (κ1) is 14.7. The molecule has 122 valence electrons. The summed E-state index contributed by atoms with van der Waals surface area (Å²) >= 11 is 0. The summed E-state index contributed by atoms with van der Waals surface area (Å²) in [6.45, 7) is 4.13. The molecule has 23 heavy (non-hydrogen) atoms. The zero-order valence-electron chi connectivity index (χ0n) is 12.8. The van der Waals surface area contributed by atoms with Crippen LogP contribution in [0.4, 0.5) is 0 Å². The first-order chi connectivity index (χ1) is 11.0. The number of aromatic carboxylic acids is 1. The van der Waals surface area contributed by atoms with Gasteiger partial charge in [-0.2, -0.15) is 0 Å². The molecule has 4 fully saturated rings. The molecule has 0 saturated carbocycles. The molecule has 0 aromatic heterocycles. The van der Waals surface area contributed by atoms with Crippen LogP contribution in [0.25, 0.3) is 0 Å². The summed E-state index contributed by atoms with van der Waals surface area (Å²) in [5.41, 5.74) is -0.00812. The number of carbonyl (C=O) groups excluding carboxylic acids is 1. The van der Waals surface area contributed by atoms with Crippen LogP contribution in [0.5, 0.6) is 0 Å². The van der Waals surface area contributed by atoms with E-state index in [0.717, 1.165) is 0 Å². The van der Waals surface area contributed by atoms with Crippen molar-refractivity contribution in [2.45, 2.75) is 44.4 Å². The van der Waals surface area contributed by atoms with E-state index in [1.54, 1.807) is 12.1 Å². The lowest BCUT2D eigenvalue weighted by Crippen LogP contribution is -2.49. The standard InChI is InChI=1S/C17H18O6/c1-7-11-8(2)13-15(14(21-11)12(7)22-13)23-17(20)10-6-4-3-5-9(10)16(18)19/h3-8,11-15H,1-2H3,(H,18,19)/t7-,8+,11?,12+,13-,14?,15?/m0/s1. The van der Waals surface area contributed by atoms with Crippen molar-refractivity contribution in [2.75, 3.05) is 0 Å². The van der Waals surface area contributed by atoms with Crippen LogP contribution < -0.4 is 0 Å². The summed E-state index contributed by atoms with van der Waals surface area (Å²) in [6.07, 6.45) is -0.817. The van der Waals surface area contributed by atoms with Gasteiger partial charge in [0.05, 0.1) is 23.3 Å². The van der Waals surface area contributed by atoms with Gasteiger partial charge in [0, 0.05) is 11.8 Å². The van der Waals surface area contributed by atoms with E-state index in [9.17, 15) is 14.7 Å². The number of benzene rings is 1. The van der Waals surface area contributed by atoms with Gasteiger partial charge in [0.25, 0.3) is 0 Å². The van der Waals surface area contributed by atoms with E-state index in [1.165, 1.54) is 12.1 Å². The van der Waals surface area contributed by atoms with E-state index in [1.807, 2.05) is 6.92 Å². The van der Waals surface area contributed by atoms with E-state index in [4.69, 9.17) is 14.2 Å². The maximum absolute atomic E-state index is 12.5. The van der Waals surface area contributed by atoms with E-state index in [-0.39, 0.29) is 47.4 Å². The molecule has 0 amide bonds. The molecule has 4 aliphatic heterocycles. The highest BCUT2D eigenvalue weighted by Crippen LogP contribution is 2.50. The molecule has 4 heterocycles. The normalized spacial score (nSPS) is 40.3. The van der Waals surface area contributed by atoms with Crippen molar-refractivity contribution < 1.29 is 28.9 Å². The van der Waals surface area contributed by atoms with Gasteiger partial charge in [-0.1, -0.05) is 26.0 Å². The number of carboxylic acid groups (broad SMARTS) is 1. The molecule has 3 unspecified atom stereocenters. The SMILES string of the molecule is C[C@@H]1C2OC3C(OC(=O)c4ccccc4C(=O)O)[C@H]1O[C@@H]3[C@H]2C. The predicted octanol–water partition coefficient (Wildman–Crippen LogP) is 1.73. The largest absolute Gasteiger partial charge is 0.478 e. The summed E-state index contributed by atoms with van der Waals surface area (Å²) in [6, 6.07) is 6.05. The molecule has 1 N–H and O–H groups in total. The number of ether oxygens (including phenoxy) is 3. The van der Waals surface area contributed by atoms with Crippen LogP contribution in [0.1, 0.15) is 34.6 Å². The lowest BCUT2D eigenvalue weighted by atomic mass is 9.87. The Balaban J connectivity index is 1.58. The van der Waals surface area contributed by atoms with Crippen LogP contribution in [0.3, 0.4) is 0 Å². The highest BCUT2D eigenvalue weighted by Gasteiger charge is 2.65. The number of carbonyl (C=O) groups is 2. The summed E-state index contributed by atoms with van der Waals surface area (Å²) < 4.78 is 17.6. The van der Waals surface area contributed by atoms with Crippen LogP contribution in [0, 0.1) is 11.8 Å². The zero-order chi connectivity index (χ0) is 16.3. The Kier molecular flexibility index (Phi) is 3.21. The highest BCUT2D eigenvalue weighted by atomic mass is 16.6. The van der Waals surface area contributed by atoms with Crippen LogP contribution in [0.15, 0.2) is 24.3 Å². The number of esters is 1. The summed E-state index contributed by atoms with van der Waals surface area (Å²) in [7, 11) is 0. The van der Waals surface area contributed by atoms with Gasteiger partial charge in [0.1, 0.15) is 12.2 Å². The van der Waals surface area contributed by atoms with Gasteiger partial charge in [0.15, 0.2) is 6.10 Å². The van der Waals surface area contributed by atoms with E-state index < -0.39 is 18.0 Å². The summed E-state index contributed by atoms with van der Waals surface area (Å²) in [5.74, 6) is -1.37. The third kappa shape index (κ3) is 2.01. The summed E-state index contributed by atoms with van der Waals surface area (Å²) in [5, 5.41) is 9.21. The maximum atomic E-state index is 12.5. The van der Waals surface area contributed by atoms with E-state index in [0.29, 0.717) is 0 Å². The van der Waals surface area contributed by atoms with Crippen LogP contribution in [-0.4, -0.2) is 47.6 Å². The Hall–Kier alpha value is -1.92. The van der Waals surface area contributed by atoms with Gasteiger partial charge >= 0.3 is 11.9 Å². The third-order valence-electron chi connectivity index (χ3n) is 5.29. The van der Waals surface area contributed by atoms with Crippen molar-refractivity contribution in [1.29, 1.82) is 0 Å². The Labute approximate surface area is 133 Å². The second kappa shape index (κ2) is 5.04. The van der Waals surface area contributed by atoms with Crippen molar-refractivity contribution in [3.63, 3.8) is 0 Å². The third-order valence-corrected chi connectivity index (χ3v) is 5.29. The smallest absolute Gasteiger partial charge is 0.339 e. The Bertz CT molecular complexity index is 667. The van der Waals surface area contributed by atoms with Crippen molar-refractivity contribution in [1.82, 2.24) is 0 Å². The van der Waals surface area contributed by atoms with E-state index in [2.05, 4.69) is 6.92 Å². The molecule has 0 spiro atoms. The fourth-order valence-electron chi connectivity index (χ4n) is 4.16. The number of hydrogen-bond donors (Lipinski definition) is 1. The minimum atomic E-state index is -1.15. The Morgan fingerprint density at radius 1 is 0.957 bits per heavy atom. The molecular formula is C17H18O6. The highest BCUT2D eigenvalue weighted by molar-refractivity contribution is 6.02. The van der Waals surface area contributed by atoms with Crippen molar-refractivity contribution >= 4 is 11.9 Å². The average Bonchev–Trinajstić information content (AvgIpc) is 2.96. The first-order valence-corrected chi connectivity index (χ1v) is 7.83. The molecule has 1 aromatic carbocycles. The minimum absolute atomic E-state index is 0.0475. The quantitative estimate of drug-likeness (QED) is 0.855. The van der Waals surface area contributed by atoms with Gasteiger partial charge < -0.3 is 19.3 Å². The Morgan fingerprint density at radius 2 is 1.57 bits per heavy atom. The molecule has 7 atom stereocenters. The van der Waals surface area contributed by atoms with Gasteiger partial charge in [-0.25, -0.2) is 9.59 Å². The molecule has 6 heteroatoms. The van der Waals surface area contributed by atoms with Gasteiger partial charge in [-0.15, -0.1) is 0 Å². The molecule has 4 bridgehead atoms. The average molecular weight is 318 g/mol. The van der Waals surface area contributed by atoms with E-state index >= 15 is 0 Å². The molecule has 0 aliphatic carbocycles. The number of carboxylic acids is 1. The molecule has 5 rings (SSSR count). The number of rotatable bonds is 3. The molecule has 4 saturated heterocycles.